The van der Waals surface area contributed by atoms with Crippen molar-refractivity contribution in [2.75, 3.05) is 59.2 Å². The minimum Gasteiger partial charge on any atom is -0.378 e. The third-order valence-electron chi connectivity index (χ3n) is 5.63. The Morgan fingerprint density at radius 3 is 2.62 bits per heavy atom. The van der Waals surface area contributed by atoms with E-state index in [2.05, 4.69) is 27.5 Å². The standard InChI is InChI=1S/C21H31ClN4O2S/c1-23-21(24-15-19(29-2)17-4-3-5-18(22)14-17)26-8-6-16(7-9-26)20(27)25-10-12-28-13-11-25/h3-5,14,16,19H,6-13,15H2,1-2H3,(H,23,24). The molecule has 0 aromatic heterocycles. The van der Waals surface area contributed by atoms with E-state index in [4.69, 9.17) is 16.3 Å². The van der Waals surface area contributed by atoms with Gasteiger partial charge >= 0.3 is 0 Å². The summed E-state index contributed by atoms with van der Waals surface area (Å²) in [7, 11) is 1.82. The predicted octanol–water partition coefficient (Wildman–Crippen LogP) is 2.89. The average Bonchev–Trinajstić information content (AvgIpc) is 2.77. The van der Waals surface area contributed by atoms with E-state index in [0.717, 1.165) is 56.5 Å². The summed E-state index contributed by atoms with van der Waals surface area (Å²) in [5.41, 5.74) is 1.21. The number of rotatable bonds is 5. The summed E-state index contributed by atoms with van der Waals surface area (Å²) in [4.78, 5) is 21.4. The smallest absolute Gasteiger partial charge is 0.225 e. The predicted molar refractivity (Wildman–Crippen MR) is 121 cm³/mol. The van der Waals surface area contributed by atoms with Crippen LogP contribution in [0.15, 0.2) is 29.3 Å². The molecule has 29 heavy (non-hydrogen) atoms. The molecule has 2 heterocycles. The maximum absolute atomic E-state index is 12.7. The van der Waals surface area contributed by atoms with Crippen molar-refractivity contribution in [3.63, 3.8) is 0 Å². The van der Waals surface area contributed by atoms with E-state index in [1.165, 1.54) is 5.56 Å². The first-order valence-corrected chi connectivity index (χ1v) is 11.9. The summed E-state index contributed by atoms with van der Waals surface area (Å²) in [5, 5.41) is 4.57. The highest BCUT2D eigenvalue weighted by molar-refractivity contribution is 7.98. The minimum absolute atomic E-state index is 0.118. The number of carbonyl (C=O) groups excluding carboxylic acids is 1. The number of hydrogen-bond acceptors (Lipinski definition) is 4. The van der Waals surface area contributed by atoms with Crippen LogP contribution in [0.3, 0.4) is 0 Å². The van der Waals surface area contributed by atoms with Gasteiger partial charge in [0.2, 0.25) is 5.91 Å². The minimum atomic E-state index is 0.118. The van der Waals surface area contributed by atoms with E-state index in [9.17, 15) is 4.79 Å². The maximum atomic E-state index is 12.7. The maximum Gasteiger partial charge on any atom is 0.225 e. The third-order valence-corrected chi connectivity index (χ3v) is 6.87. The molecule has 0 radical (unpaired) electrons. The topological polar surface area (TPSA) is 57.2 Å². The molecule has 1 unspecified atom stereocenters. The first kappa shape index (κ1) is 22.2. The van der Waals surface area contributed by atoms with Crippen LogP contribution in [-0.4, -0.2) is 80.9 Å². The number of piperidine rings is 1. The lowest BCUT2D eigenvalue weighted by molar-refractivity contribution is -0.140. The second-order valence-corrected chi connectivity index (χ2v) is 8.88. The Morgan fingerprint density at radius 2 is 2.00 bits per heavy atom. The lowest BCUT2D eigenvalue weighted by atomic mass is 9.95. The number of nitrogens with zero attached hydrogens (tertiary/aromatic N) is 3. The molecule has 3 rings (SSSR count). The molecule has 1 aromatic carbocycles. The fourth-order valence-electron chi connectivity index (χ4n) is 3.94. The number of guanidine groups is 1. The summed E-state index contributed by atoms with van der Waals surface area (Å²) in [6, 6.07) is 8.03. The van der Waals surface area contributed by atoms with Crippen molar-refractivity contribution in [2.24, 2.45) is 10.9 Å². The number of aliphatic imine (C=N–C) groups is 1. The molecular weight excluding hydrogens is 408 g/mol. The Balaban J connectivity index is 1.50. The van der Waals surface area contributed by atoms with Crippen molar-refractivity contribution >= 4 is 35.2 Å². The largest absolute Gasteiger partial charge is 0.378 e. The number of morpholine rings is 1. The first-order chi connectivity index (χ1) is 14.1. The van der Waals surface area contributed by atoms with Gasteiger partial charge in [0.25, 0.3) is 0 Å². The summed E-state index contributed by atoms with van der Waals surface area (Å²) in [5.74, 6) is 1.32. The second kappa shape index (κ2) is 11.1. The molecule has 160 valence electrons. The van der Waals surface area contributed by atoms with Crippen LogP contribution in [-0.2, 0) is 9.53 Å². The van der Waals surface area contributed by atoms with Crippen LogP contribution in [0.4, 0.5) is 0 Å². The van der Waals surface area contributed by atoms with Gasteiger partial charge in [-0.3, -0.25) is 9.79 Å². The highest BCUT2D eigenvalue weighted by Gasteiger charge is 2.30. The molecule has 0 saturated carbocycles. The molecule has 8 heteroatoms. The van der Waals surface area contributed by atoms with Gasteiger partial charge in [-0.25, -0.2) is 0 Å². The van der Waals surface area contributed by atoms with E-state index in [1.807, 2.05) is 30.1 Å². The van der Waals surface area contributed by atoms with Crippen LogP contribution in [0.1, 0.15) is 23.7 Å². The zero-order valence-corrected chi connectivity index (χ0v) is 18.8. The third kappa shape index (κ3) is 6.03. The van der Waals surface area contributed by atoms with Crippen molar-refractivity contribution in [3.05, 3.63) is 34.9 Å². The Morgan fingerprint density at radius 1 is 1.28 bits per heavy atom. The number of likely N-dealkylation sites (tertiary alicyclic amines) is 1. The Labute approximate surface area is 183 Å². The molecule has 1 atom stereocenters. The van der Waals surface area contributed by atoms with Gasteiger partial charge in [0.15, 0.2) is 5.96 Å². The summed E-state index contributed by atoms with van der Waals surface area (Å²) in [6.07, 6.45) is 3.85. The van der Waals surface area contributed by atoms with Crippen molar-refractivity contribution in [1.82, 2.24) is 15.1 Å². The number of amides is 1. The van der Waals surface area contributed by atoms with E-state index in [-0.39, 0.29) is 5.92 Å². The van der Waals surface area contributed by atoms with Gasteiger partial charge in [0.1, 0.15) is 0 Å². The van der Waals surface area contributed by atoms with E-state index < -0.39 is 0 Å². The van der Waals surface area contributed by atoms with Crippen LogP contribution < -0.4 is 5.32 Å². The van der Waals surface area contributed by atoms with E-state index in [0.29, 0.717) is 24.4 Å². The van der Waals surface area contributed by atoms with Gasteiger partial charge in [-0.2, -0.15) is 11.8 Å². The van der Waals surface area contributed by atoms with Gasteiger partial charge in [-0.05, 0) is 36.8 Å². The molecule has 1 aromatic rings. The zero-order valence-electron chi connectivity index (χ0n) is 17.3. The SMILES string of the molecule is CN=C(NCC(SC)c1cccc(Cl)c1)N1CCC(C(=O)N2CCOCC2)CC1. The van der Waals surface area contributed by atoms with Crippen LogP contribution in [0.25, 0.3) is 0 Å². The number of halogens is 1. The molecule has 6 nitrogen and oxygen atoms in total. The lowest BCUT2D eigenvalue weighted by Crippen LogP contribution is -2.50. The molecule has 1 amide bonds. The van der Waals surface area contributed by atoms with Gasteiger partial charge in [0.05, 0.1) is 13.2 Å². The molecule has 0 bridgehead atoms. The number of thioether (sulfide) groups is 1. The van der Waals surface area contributed by atoms with Crippen molar-refractivity contribution < 1.29 is 9.53 Å². The molecule has 0 spiro atoms. The summed E-state index contributed by atoms with van der Waals surface area (Å²) in [6.45, 7) is 5.24. The average molecular weight is 439 g/mol. The fourth-order valence-corrected chi connectivity index (χ4v) is 4.81. The highest BCUT2D eigenvalue weighted by atomic mass is 35.5. The van der Waals surface area contributed by atoms with Gasteiger partial charge < -0.3 is 19.9 Å². The molecule has 2 aliphatic heterocycles. The van der Waals surface area contributed by atoms with Crippen LogP contribution in [0.5, 0.6) is 0 Å². The number of carbonyl (C=O) groups is 1. The fraction of sp³-hybridized carbons (Fsp3) is 0.619. The summed E-state index contributed by atoms with van der Waals surface area (Å²) >= 11 is 7.95. The van der Waals surface area contributed by atoms with Gasteiger partial charge in [-0.15, -0.1) is 0 Å². The number of ether oxygens (including phenoxy) is 1. The number of hydrogen-bond donors (Lipinski definition) is 1. The van der Waals surface area contributed by atoms with Gasteiger partial charge in [0, 0.05) is 56.0 Å². The molecule has 0 aliphatic carbocycles. The molecule has 2 aliphatic rings. The Kier molecular flexibility index (Phi) is 8.51. The van der Waals surface area contributed by atoms with Crippen LogP contribution in [0, 0.1) is 5.92 Å². The molecule has 2 saturated heterocycles. The van der Waals surface area contributed by atoms with Crippen LogP contribution >= 0.6 is 23.4 Å². The second-order valence-electron chi connectivity index (χ2n) is 7.41. The van der Waals surface area contributed by atoms with E-state index >= 15 is 0 Å². The first-order valence-electron chi connectivity index (χ1n) is 10.2. The van der Waals surface area contributed by atoms with Crippen molar-refractivity contribution in [3.8, 4) is 0 Å². The number of nitrogens with one attached hydrogen (secondary N) is 1. The molecule has 2 fully saturated rings. The Hall–Kier alpha value is -1.44. The summed E-state index contributed by atoms with van der Waals surface area (Å²) < 4.78 is 5.36. The van der Waals surface area contributed by atoms with Gasteiger partial charge in [-0.1, -0.05) is 23.7 Å². The quantitative estimate of drug-likeness (QED) is 0.565. The van der Waals surface area contributed by atoms with Crippen molar-refractivity contribution in [2.45, 2.75) is 18.1 Å². The monoisotopic (exact) mass is 438 g/mol. The molecule has 1 N–H and O–H groups in total. The van der Waals surface area contributed by atoms with Crippen molar-refractivity contribution in [1.29, 1.82) is 0 Å². The lowest BCUT2D eigenvalue weighted by Gasteiger charge is -2.37. The van der Waals surface area contributed by atoms with E-state index in [1.54, 1.807) is 11.8 Å². The van der Waals surface area contributed by atoms with Crippen LogP contribution in [0.2, 0.25) is 5.02 Å². The zero-order chi connectivity index (χ0) is 20.6. The normalized spacial score (nSPS) is 19.9. The number of benzene rings is 1. The molecular formula is C21H31ClN4O2S. The Bertz CT molecular complexity index is 704. The highest BCUT2D eigenvalue weighted by Crippen LogP contribution is 2.28.